The van der Waals surface area contributed by atoms with E-state index in [2.05, 4.69) is 13.2 Å². The molecule has 0 aliphatic carbocycles. The molecule has 0 aromatic heterocycles. The fourth-order valence-electron chi connectivity index (χ4n) is 0.374. The zero-order valence-electron chi connectivity index (χ0n) is 7.55. The molecule has 0 saturated heterocycles. The zero-order valence-corrected chi connectivity index (χ0v) is 7.55. The Morgan fingerprint density at radius 3 is 2.36 bits per heavy atom. The summed E-state index contributed by atoms with van der Waals surface area (Å²) in [4.78, 5) is 0. The molecule has 0 aliphatic rings. The van der Waals surface area contributed by atoms with Crippen molar-refractivity contribution in [2.24, 2.45) is 0 Å². The Kier molecular flexibility index (Phi) is 3.66. The van der Waals surface area contributed by atoms with Crippen molar-refractivity contribution in [2.75, 3.05) is 0 Å². The highest BCUT2D eigenvalue weighted by Gasteiger charge is 2.10. The standard InChI is InChI=1S/C10H16O/c1-6-10(4,5)11-8-7-9(2)3/h6-8H,1-2H2,3-5H3. The lowest BCUT2D eigenvalue weighted by Gasteiger charge is -2.18. The summed E-state index contributed by atoms with van der Waals surface area (Å²) in [7, 11) is 0. The zero-order chi connectivity index (χ0) is 8.91. The molecule has 0 spiro atoms. The maximum absolute atomic E-state index is 5.33. The second-order valence-electron chi connectivity index (χ2n) is 3.07. The van der Waals surface area contributed by atoms with Crippen LogP contribution in [0.1, 0.15) is 20.8 Å². The van der Waals surface area contributed by atoms with Crippen molar-refractivity contribution in [3.8, 4) is 0 Å². The van der Waals surface area contributed by atoms with E-state index in [9.17, 15) is 0 Å². The number of hydrogen-bond donors (Lipinski definition) is 0. The van der Waals surface area contributed by atoms with Gasteiger partial charge in [0.05, 0.1) is 6.26 Å². The van der Waals surface area contributed by atoms with E-state index in [0.717, 1.165) is 5.57 Å². The van der Waals surface area contributed by atoms with Crippen molar-refractivity contribution >= 4 is 0 Å². The summed E-state index contributed by atoms with van der Waals surface area (Å²) in [5.41, 5.74) is 0.691. The molecule has 0 fully saturated rings. The number of ether oxygens (including phenoxy) is 1. The molecule has 0 unspecified atom stereocenters. The first-order valence-corrected chi connectivity index (χ1v) is 3.61. The third-order valence-corrected chi connectivity index (χ3v) is 1.22. The van der Waals surface area contributed by atoms with Gasteiger partial charge < -0.3 is 4.74 Å². The molecule has 0 saturated carbocycles. The van der Waals surface area contributed by atoms with Crippen LogP contribution in [0.2, 0.25) is 0 Å². The van der Waals surface area contributed by atoms with Crippen LogP contribution >= 0.6 is 0 Å². The van der Waals surface area contributed by atoms with Gasteiger partial charge in [0, 0.05) is 0 Å². The molecule has 0 amide bonds. The van der Waals surface area contributed by atoms with Gasteiger partial charge in [-0.2, -0.15) is 0 Å². The summed E-state index contributed by atoms with van der Waals surface area (Å²) in [6.07, 6.45) is 5.23. The molecule has 0 aliphatic heterocycles. The number of hydrogen-bond acceptors (Lipinski definition) is 1. The highest BCUT2D eigenvalue weighted by Crippen LogP contribution is 2.10. The van der Waals surface area contributed by atoms with E-state index in [4.69, 9.17) is 4.74 Å². The molecule has 0 heterocycles. The van der Waals surface area contributed by atoms with E-state index in [1.54, 1.807) is 12.3 Å². The predicted molar refractivity (Wildman–Crippen MR) is 49.3 cm³/mol. The third-order valence-electron chi connectivity index (χ3n) is 1.22. The summed E-state index contributed by atoms with van der Waals surface area (Å²) in [5, 5.41) is 0. The number of rotatable bonds is 4. The lowest BCUT2D eigenvalue weighted by Crippen LogP contribution is -2.17. The van der Waals surface area contributed by atoms with Gasteiger partial charge in [-0.1, -0.05) is 18.7 Å². The normalized spacial score (nSPS) is 11.5. The average Bonchev–Trinajstić information content (AvgIpc) is 1.87. The Bertz CT molecular complexity index is 175. The summed E-state index contributed by atoms with van der Waals surface area (Å²) in [6.45, 7) is 13.2. The first-order valence-electron chi connectivity index (χ1n) is 3.61. The van der Waals surface area contributed by atoms with Crippen LogP contribution in [0.3, 0.4) is 0 Å². The van der Waals surface area contributed by atoms with Gasteiger partial charge in [-0.3, -0.25) is 0 Å². The molecular weight excluding hydrogens is 136 g/mol. The Hall–Kier alpha value is -0.980. The number of allylic oxidation sites excluding steroid dienone is 2. The van der Waals surface area contributed by atoms with Gasteiger partial charge >= 0.3 is 0 Å². The summed E-state index contributed by atoms with van der Waals surface area (Å²) in [5.74, 6) is 0. The first-order chi connectivity index (χ1) is 4.98. The molecule has 1 nitrogen and oxygen atoms in total. The van der Waals surface area contributed by atoms with Crippen molar-refractivity contribution in [3.05, 3.63) is 37.1 Å². The van der Waals surface area contributed by atoms with Crippen molar-refractivity contribution in [3.63, 3.8) is 0 Å². The largest absolute Gasteiger partial charge is 0.491 e. The minimum absolute atomic E-state index is 0.286. The van der Waals surface area contributed by atoms with E-state index in [-0.39, 0.29) is 5.60 Å². The lowest BCUT2D eigenvalue weighted by atomic mass is 10.1. The molecule has 11 heavy (non-hydrogen) atoms. The highest BCUT2D eigenvalue weighted by atomic mass is 16.5. The van der Waals surface area contributed by atoms with Gasteiger partial charge in [0.15, 0.2) is 0 Å². The Labute approximate surface area is 69.1 Å². The second-order valence-corrected chi connectivity index (χ2v) is 3.07. The maximum Gasteiger partial charge on any atom is 0.120 e. The van der Waals surface area contributed by atoms with E-state index < -0.39 is 0 Å². The van der Waals surface area contributed by atoms with E-state index >= 15 is 0 Å². The van der Waals surface area contributed by atoms with E-state index in [1.165, 1.54) is 0 Å². The lowest BCUT2D eigenvalue weighted by molar-refractivity contribution is 0.105. The van der Waals surface area contributed by atoms with Gasteiger partial charge in [0.1, 0.15) is 5.60 Å². The SMILES string of the molecule is C=CC(C)(C)OC=CC(=C)C. The van der Waals surface area contributed by atoms with Crippen molar-refractivity contribution in [2.45, 2.75) is 26.4 Å². The van der Waals surface area contributed by atoms with Crippen LogP contribution < -0.4 is 0 Å². The molecule has 0 aromatic carbocycles. The molecule has 0 bridgehead atoms. The van der Waals surface area contributed by atoms with Crippen molar-refractivity contribution in [1.29, 1.82) is 0 Å². The molecule has 0 N–H and O–H groups in total. The molecule has 0 rings (SSSR count). The molecule has 1 heteroatoms. The van der Waals surface area contributed by atoms with Gasteiger partial charge in [-0.15, -0.1) is 0 Å². The highest BCUT2D eigenvalue weighted by molar-refractivity contribution is 5.09. The Balaban J connectivity index is 3.87. The molecule has 0 atom stereocenters. The van der Waals surface area contributed by atoms with Crippen LogP contribution in [0.25, 0.3) is 0 Å². The predicted octanol–water partition coefficient (Wildman–Crippen LogP) is 3.06. The fourth-order valence-corrected chi connectivity index (χ4v) is 0.374. The second kappa shape index (κ2) is 4.02. The Morgan fingerprint density at radius 2 is 2.00 bits per heavy atom. The van der Waals surface area contributed by atoms with Gasteiger partial charge in [-0.25, -0.2) is 0 Å². The summed E-state index contributed by atoms with van der Waals surface area (Å²) < 4.78 is 5.33. The van der Waals surface area contributed by atoms with Crippen LogP contribution in [-0.4, -0.2) is 5.60 Å². The molecule has 0 aromatic rings. The topological polar surface area (TPSA) is 9.23 Å². The van der Waals surface area contributed by atoms with E-state index in [0.29, 0.717) is 0 Å². The molecular formula is C10H16O. The minimum Gasteiger partial charge on any atom is -0.491 e. The summed E-state index contributed by atoms with van der Waals surface area (Å²) >= 11 is 0. The van der Waals surface area contributed by atoms with Gasteiger partial charge in [0.25, 0.3) is 0 Å². The summed E-state index contributed by atoms with van der Waals surface area (Å²) in [6, 6.07) is 0. The van der Waals surface area contributed by atoms with Crippen LogP contribution in [0.5, 0.6) is 0 Å². The quantitative estimate of drug-likeness (QED) is 0.342. The van der Waals surface area contributed by atoms with Crippen LogP contribution in [0, 0.1) is 0 Å². The first kappa shape index (κ1) is 10.0. The van der Waals surface area contributed by atoms with Crippen molar-refractivity contribution in [1.82, 2.24) is 0 Å². The van der Waals surface area contributed by atoms with Crippen LogP contribution in [-0.2, 0) is 4.74 Å². The fraction of sp³-hybridized carbons (Fsp3) is 0.400. The van der Waals surface area contributed by atoms with E-state index in [1.807, 2.05) is 26.8 Å². The van der Waals surface area contributed by atoms with Gasteiger partial charge in [0.2, 0.25) is 0 Å². The maximum atomic E-state index is 5.33. The average molecular weight is 152 g/mol. The molecule has 0 radical (unpaired) electrons. The van der Waals surface area contributed by atoms with Crippen LogP contribution in [0.4, 0.5) is 0 Å². The smallest absolute Gasteiger partial charge is 0.120 e. The Morgan fingerprint density at radius 1 is 1.45 bits per heavy atom. The van der Waals surface area contributed by atoms with Crippen LogP contribution in [0.15, 0.2) is 37.1 Å². The minimum atomic E-state index is -0.286. The monoisotopic (exact) mass is 152 g/mol. The van der Waals surface area contributed by atoms with Gasteiger partial charge in [-0.05, 0) is 32.9 Å². The van der Waals surface area contributed by atoms with Crippen molar-refractivity contribution < 1.29 is 4.74 Å². The third kappa shape index (κ3) is 5.46. The molecule has 62 valence electrons.